The Hall–Kier alpha value is -3.92. The zero-order chi connectivity index (χ0) is 27.2. The second-order valence-electron chi connectivity index (χ2n) is 8.77. The van der Waals surface area contributed by atoms with E-state index in [9.17, 15) is 9.59 Å². The Morgan fingerprint density at radius 2 is 1.95 bits per heavy atom. The molecule has 0 aliphatic carbocycles. The Morgan fingerprint density at radius 3 is 2.63 bits per heavy atom. The minimum absolute atomic E-state index is 0.0938. The lowest BCUT2D eigenvalue weighted by Crippen LogP contribution is -2.30. The average molecular weight is 537 g/mol. The maximum Gasteiger partial charge on any atom is 0.308 e. The van der Waals surface area contributed by atoms with Gasteiger partial charge < -0.3 is 19.5 Å². The molecule has 3 heterocycles. The van der Waals surface area contributed by atoms with E-state index in [1.54, 1.807) is 25.7 Å². The quantitative estimate of drug-likeness (QED) is 0.274. The molecule has 1 aromatic carbocycles. The Balaban J connectivity index is 1.52. The van der Waals surface area contributed by atoms with Crippen LogP contribution < -0.4 is 14.8 Å². The predicted molar refractivity (Wildman–Crippen MR) is 146 cm³/mol. The number of carbonyl (C=O) groups is 2. The fourth-order valence-electron chi connectivity index (χ4n) is 4.43. The van der Waals surface area contributed by atoms with Gasteiger partial charge >= 0.3 is 5.97 Å². The van der Waals surface area contributed by atoms with Crippen molar-refractivity contribution in [2.24, 2.45) is 0 Å². The summed E-state index contributed by atoms with van der Waals surface area (Å²) < 4.78 is 17.8. The SMILES string of the molecule is CCOC(=O)CC(NC(=O)CCc1c(C)nc2cc(-c3ccc(OC)cc3OC)nn2c1C)c1cccs1. The van der Waals surface area contributed by atoms with Crippen molar-refractivity contribution in [2.75, 3.05) is 20.8 Å². The number of methoxy groups -OCH3 is 2. The number of rotatable bonds is 11. The molecular formula is C28H32N4O5S. The van der Waals surface area contributed by atoms with Crippen LogP contribution in [0.3, 0.4) is 0 Å². The number of amides is 1. The van der Waals surface area contributed by atoms with E-state index in [2.05, 4.69) is 5.32 Å². The zero-order valence-electron chi connectivity index (χ0n) is 22.2. The Morgan fingerprint density at radius 1 is 1.13 bits per heavy atom. The Kier molecular flexibility index (Phi) is 8.62. The summed E-state index contributed by atoms with van der Waals surface area (Å²) in [5, 5.41) is 9.72. The van der Waals surface area contributed by atoms with Gasteiger partial charge in [-0.3, -0.25) is 9.59 Å². The van der Waals surface area contributed by atoms with Crippen molar-refractivity contribution in [2.45, 2.75) is 46.1 Å². The number of hydrogen-bond acceptors (Lipinski definition) is 8. The molecule has 0 saturated heterocycles. The molecule has 200 valence electrons. The molecule has 0 aliphatic heterocycles. The van der Waals surface area contributed by atoms with E-state index in [1.165, 1.54) is 11.3 Å². The van der Waals surface area contributed by atoms with E-state index >= 15 is 0 Å². The van der Waals surface area contributed by atoms with Crippen LogP contribution in [0.4, 0.5) is 0 Å². The largest absolute Gasteiger partial charge is 0.497 e. The number of carbonyl (C=O) groups excluding carboxylic acids is 2. The molecule has 1 amide bonds. The molecule has 9 nitrogen and oxygen atoms in total. The second-order valence-corrected chi connectivity index (χ2v) is 9.75. The minimum Gasteiger partial charge on any atom is -0.497 e. The third kappa shape index (κ3) is 5.96. The van der Waals surface area contributed by atoms with Crippen LogP contribution in [0.25, 0.3) is 16.9 Å². The number of aryl methyl sites for hydroxylation is 2. The third-order valence-corrected chi connectivity index (χ3v) is 7.33. The summed E-state index contributed by atoms with van der Waals surface area (Å²) in [7, 11) is 3.22. The summed E-state index contributed by atoms with van der Waals surface area (Å²) in [4.78, 5) is 30.7. The van der Waals surface area contributed by atoms with Gasteiger partial charge in [-0.05, 0) is 56.3 Å². The van der Waals surface area contributed by atoms with Gasteiger partial charge in [-0.25, -0.2) is 9.50 Å². The summed E-state index contributed by atoms with van der Waals surface area (Å²) in [5.41, 5.74) is 5.00. The van der Waals surface area contributed by atoms with Gasteiger partial charge in [0, 0.05) is 40.4 Å². The van der Waals surface area contributed by atoms with Crippen LogP contribution in [0, 0.1) is 13.8 Å². The molecule has 4 aromatic rings. The third-order valence-electron chi connectivity index (χ3n) is 6.35. The van der Waals surface area contributed by atoms with Crippen molar-refractivity contribution < 1.29 is 23.8 Å². The highest BCUT2D eigenvalue weighted by molar-refractivity contribution is 7.10. The molecule has 0 fully saturated rings. The molecule has 0 saturated carbocycles. The van der Waals surface area contributed by atoms with Crippen molar-refractivity contribution in [1.82, 2.24) is 19.9 Å². The fraction of sp³-hybridized carbons (Fsp3) is 0.357. The first-order valence-corrected chi connectivity index (χ1v) is 13.3. The van der Waals surface area contributed by atoms with Gasteiger partial charge in [0.2, 0.25) is 5.91 Å². The molecular weight excluding hydrogens is 504 g/mol. The minimum atomic E-state index is -0.419. The first-order valence-electron chi connectivity index (χ1n) is 12.4. The van der Waals surface area contributed by atoms with E-state index in [0.717, 1.165) is 33.1 Å². The number of ether oxygens (including phenoxy) is 3. The first kappa shape index (κ1) is 27.1. The number of thiophene rings is 1. The lowest BCUT2D eigenvalue weighted by atomic mass is 10.1. The van der Waals surface area contributed by atoms with Crippen LogP contribution >= 0.6 is 11.3 Å². The van der Waals surface area contributed by atoms with E-state index in [0.29, 0.717) is 30.2 Å². The monoisotopic (exact) mass is 536 g/mol. The average Bonchev–Trinajstić information content (AvgIpc) is 3.58. The van der Waals surface area contributed by atoms with Crippen LogP contribution in [0.2, 0.25) is 0 Å². The maximum atomic E-state index is 12.9. The van der Waals surface area contributed by atoms with Crippen LogP contribution in [0.5, 0.6) is 11.5 Å². The van der Waals surface area contributed by atoms with Gasteiger partial charge in [0.25, 0.3) is 0 Å². The molecule has 38 heavy (non-hydrogen) atoms. The number of esters is 1. The van der Waals surface area contributed by atoms with Gasteiger partial charge in [0.1, 0.15) is 11.5 Å². The number of benzene rings is 1. The number of nitrogens with one attached hydrogen (secondary N) is 1. The normalized spacial score (nSPS) is 11.8. The van der Waals surface area contributed by atoms with Crippen molar-refractivity contribution in [1.29, 1.82) is 0 Å². The molecule has 1 atom stereocenters. The predicted octanol–water partition coefficient (Wildman–Crippen LogP) is 4.84. The molecule has 0 aliphatic rings. The highest BCUT2D eigenvalue weighted by Crippen LogP contribution is 2.33. The summed E-state index contributed by atoms with van der Waals surface area (Å²) in [6.07, 6.45) is 0.834. The summed E-state index contributed by atoms with van der Waals surface area (Å²) in [6, 6.07) is 10.9. The molecule has 0 radical (unpaired) electrons. The maximum absolute atomic E-state index is 12.9. The second kappa shape index (κ2) is 12.1. The Bertz CT molecular complexity index is 1430. The van der Waals surface area contributed by atoms with Crippen molar-refractivity contribution in [3.63, 3.8) is 0 Å². The molecule has 3 aromatic heterocycles. The fourth-order valence-corrected chi connectivity index (χ4v) is 5.21. The number of nitrogens with zero attached hydrogens (tertiary/aromatic N) is 3. The van der Waals surface area contributed by atoms with E-state index in [-0.39, 0.29) is 24.7 Å². The lowest BCUT2D eigenvalue weighted by Gasteiger charge is -2.17. The van der Waals surface area contributed by atoms with Crippen molar-refractivity contribution >= 4 is 28.9 Å². The van der Waals surface area contributed by atoms with E-state index < -0.39 is 6.04 Å². The van der Waals surface area contributed by atoms with Crippen molar-refractivity contribution in [3.05, 3.63) is 63.6 Å². The van der Waals surface area contributed by atoms with Gasteiger partial charge in [-0.2, -0.15) is 5.10 Å². The number of aromatic nitrogens is 3. The molecule has 1 N–H and O–H groups in total. The number of hydrogen-bond donors (Lipinski definition) is 1. The van der Waals surface area contributed by atoms with Crippen LogP contribution in [0.1, 0.15) is 47.6 Å². The first-order chi connectivity index (χ1) is 18.3. The lowest BCUT2D eigenvalue weighted by molar-refractivity contribution is -0.143. The molecule has 1 unspecified atom stereocenters. The van der Waals surface area contributed by atoms with Crippen molar-refractivity contribution in [3.8, 4) is 22.8 Å². The molecule has 0 bridgehead atoms. The summed E-state index contributed by atoms with van der Waals surface area (Å²) >= 11 is 1.50. The zero-order valence-corrected chi connectivity index (χ0v) is 23.1. The molecule has 10 heteroatoms. The smallest absolute Gasteiger partial charge is 0.308 e. The highest BCUT2D eigenvalue weighted by Gasteiger charge is 2.21. The number of fused-ring (bicyclic) bond motifs is 1. The standard InChI is InChI=1S/C28H32N4O5S/c1-6-37-28(34)16-23(25-8-7-13-38-25)30-27(33)12-11-20-17(2)29-26-15-22(31-32(26)18(20)3)21-10-9-19(35-4)14-24(21)36-5/h7-10,13-15,23H,6,11-12,16H2,1-5H3,(H,30,33). The molecule has 4 rings (SSSR count). The van der Waals surface area contributed by atoms with Gasteiger partial charge in [-0.1, -0.05) is 6.07 Å². The van der Waals surface area contributed by atoms with Crippen LogP contribution in [0.15, 0.2) is 41.8 Å². The topological polar surface area (TPSA) is 104 Å². The van der Waals surface area contributed by atoms with Crippen LogP contribution in [-0.2, 0) is 20.7 Å². The Labute approximate surface area is 225 Å². The van der Waals surface area contributed by atoms with E-state index in [1.807, 2.05) is 55.6 Å². The summed E-state index contributed by atoms with van der Waals surface area (Å²) in [5.74, 6) is 0.872. The highest BCUT2D eigenvalue weighted by atomic mass is 32.1. The van der Waals surface area contributed by atoms with Crippen LogP contribution in [-0.4, -0.2) is 47.3 Å². The van der Waals surface area contributed by atoms with Gasteiger partial charge in [0.05, 0.1) is 39.0 Å². The summed E-state index contributed by atoms with van der Waals surface area (Å²) in [6.45, 7) is 5.99. The van der Waals surface area contributed by atoms with Gasteiger partial charge in [-0.15, -0.1) is 11.3 Å². The van der Waals surface area contributed by atoms with E-state index in [4.69, 9.17) is 24.3 Å². The molecule has 0 spiro atoms. The van der Waals surface area contributed by atoms with Gasteiger partial charge in [0.15, 0.2) is 5.65 Å².